The van der Waals surface area contributed by atoms with E-state index in [2.05, 4.69) is 0 Å². The van der Waals surface area contributed by atoms with Crippen LogP contribution >= 0.6 is 11.3 Å². The number of para-hydroxylation sites is 2. The normalized spacial score (nSPS) is 11.4. The van der Waals surface area contributed by atoms with Crippen LogP contribution in [0.2, 0.25) is 0 Å². The van der Waals surface area contributed by atoms with Crippen molar-refractivity contribution >= 4 is 22.9 Å². The molecule has 1 heterocycles. The molecule has 0 aliphatic heterocycles. The second kappa shape index (κ2) is 9.07. The molecule has 0 fully saturated rings. The second-order valence-electron chi connectivity index (χ2n) is 6.22. The molecule has 170 valence electrons. The van der Waals surface area contributed by atoms with Gasteiger partial charge in [-0.3, -0.25) is 4.79 Å². The summed E-state index contributed by atoms with van der Waals surface area (Å²) in [5.74, 6) is -10.4. The van der Waals surface area contributed by atoms with Gasteiger partial charge >= 0.3 is 6.18 Å². The molecule has 0 bridgehead atoms. The average molecular weight is 479 g/mol. The van der Waals surface area contributed by atoms with Gasteiger partial charge < -0.3 is 14.8 Å². The summed E-state index contributed by atoms with van der Waals surface area (Å²) >= 11 is 0.814. The summed E-state index contributed by atoms with van der Waals surface area (Å²) in [5.41, 5.74) is -3.92. The molecule has 0 aliphatic rings. The third-order valence-corrected chi connectivity index (χ3v) is 5.10. The molecular formula is C20H12F7NO3S. The molecule has 0 radical (unpaired) electrons. The van der Waals surface area contributed by atoms with E-state index in [9.17, 15) is 35.5 Å². The fraction of sp³-hybridized carbons (Fsp3) is 0.150. The van der Waals surface area contributed by atoms with E-state index in [1.807, 2.05) is 0 Å². The molecule has 3 rings (SSSR count). The van der Waals surface area contributed by atoms with Crippen molar-refractivity contribution in [1.82, 2.24) is 0 Å². The highest BCUT2D eigenvalue weighted by Crippen LogP contribution is 2.38. The number of amides is 1. The number of alkyl halides is 3. The van der Waals surface area contributed by atoms with E-state index >= 15 is 0 Å². The minimum Gasteiger partial charge on any atom is -0.493 e. The zero-order chi connectivity index (χ0) is 23.6. The van der Waals surface area contributed by atoms with E-state index in [4.69, 9.17) is 9.47 Å². The van der Waals surface area contributed by atoms with E-state index in [0.29, 0.717) is 17.1 Å². The third-order valence-electron chi connectivity index (χ3n) is 4.13. The number of benzene rings is 2. The summed E-state index contributed by atoms with van der Waals surface area (Å²) in [6, 6.07) is 8.01. The molecule has 1 aromatic heterocycles. The van der Waals surface area contributed by atoms with Crippen LogP contribution < -0.4 is 14.8 Å². The molecule has 32 heavy (non-hydrogen) atoms. The highest BCUT2D eigenvalue weighted by Gasteiger charge is 2.42. The van der Waals surface area contributed by atoms with E-state index in [0.717, 1.165) is 11.3 Å². The van der Waals surface area contributed by atoms with Crippen molar-refractivity contribution in [2.45, 2.75) is 12.8 Å². The lowest BCUT2D eigenvalue weighted by atomic mass is 10.1. The molecule has 0 spiro atoms. The molecule has 2 aromatic carbocycles. The Morgan fingerprint density at radius 2 is 1.59 bits per heavy atom. The molecule has 3 aromatic rings. The first-order valence-electron chi connectivity index (χ1n) is 8.62. The van der Waals surface area contributed by atoms with Crippen LogP contribution in [0.3, 0.4) is 0 Å². The fourth-order valence-corrected chi connectivity index (χ4v) is 3.43. The van der Waals surface area contributed by atoms with Gasteiger partial charge in [-0.1, -0.05) is 12.1 Å². The summed E-state index contributed by atoms with van der Waals surface area (Å²) < 4.78 is 104. The van der Waals surface area contributed by atoms with Crippen LogP contribution in [-0.2, 0) is 12.8 Å². The third kappa shape index (κ3) is 4.64. The number of hydrogen-bond donors (Lipinski definition) is 1. The van der Waals surface area contributed by atoms with Gasteiger partial charge in [0, 0.05) is 5.56 Å². The molecule has 1 amide bonds. The predicted octanol–water partition coefficient (Wildman–Crippen LogP) is 6.16. The SMILES string of the molecule is COc1ccccc1OCc1csc(C(=O)Nc2c(F)c(F)c(C(F)(F)F)c(F)c2F)c1. The molecule has 0 saturated heterocycles. The lowest BCUT2D eigenvalue weighted by Crippen LogP contribution is -2.19. The molecule has 0 aliphatic carbocycles. The Kier molecular flexibility index (Phi) is 6.63. The quantitative estimate of drug-likeness (QED) is 0.340. The van der Waals surface area contributed by atoms with Crippen molar-refractivity contribution in [2.75, 3.05) is 12.4 Å². The summed E-state index contributed by atoms with van der Waals surface area (Å²) in [5, 5.41) is 3.05. The first-order valence-corrected chi connectivity index (χ1v) is 9.50. The molecule has 4 nitrogen and oxygen atoms in total. The Morgan fingerprint density at radius 3 is 2.16 bits per heavy atom. The van der Waals surface area contributed by atoms with Crippen molar-refractivity contribution in [1.29, 1.82) is 0 Å². The molecule has 0 atom stereocenters. The first-order chi connectivity index (χ1) is 15.0. The number of carbonyl (C=O) groups excluding carboxylic acids is 1. The van der Waals surface area contributed by atoms with Crippen molar-refractivity contribution in [2.24, 2.45) is 0 Å². The van der Waals surface area contributed by atoms with Gasteiger partial charge in [-0.25, -0.2) is 17.6 Å². The summed E-state index contributed by atoms with van der Waals surface area (Å²) in [4.78, 5) is 12.1. The first kappa shape index (κ1) is 23.4. The van der Waals surface area contributed by atoms with Crippen LogP contribution in [0.1, 0.15) is 20.8 Å². The lowest BCUT2D eigenvalue weighted by molar-refractivity contribution is -0.143. The molecule has 12 heteroatoms. The maximum Gasteiger partial charge on any atom is 0.422 e. The molecule has 0 unspecified atom stereocenters. The smallest absolute Gasteiger partial charge is 0.422 e. The number of hydrogen-bond acceptors (Lipinski definition) is 4. The van der Waals surface area contributed by atoms with E-state index in [1.165, 1.54) is 18.6 Å². The summed E-state index contributed by atoms with van der Waals surface area (Å²) in [7, 11) is 1.44. The number of carbonyl (C=O) groups is 1. The Labute approximate surface area is 180 Å². The summed E-state index contributed by atoms with van der Waals surface area (Å²) in [6.07, 6.45) is -5.68. The van der Waals surface area contributed by atoms with Gasteiger partial charge in [0.1, 0.15) is 17.9 Å². The zero-order valence-electron chi connectivity index (χ0n) is 15.9. The maximum atomic E-state index is 14.0. The standard InChI is InChI=1S/C20H12F7NO3S/c1-30-10-4-2-3-5-11(10)31-7-9-6-12(32-8-9)19(29)28-18-16(23)14(21)13(20(25,26)27)15(22)17(18)24/h2-6,8H,7H2,1H3,(H,28,29). The van der Waals surface area contributed by atoms with Gasteiger partial charge in [0.15, 0.2) is 34.8 Å². The Bertz CT molecular complexity index is 1130. The van der Waals surface area contributed by atoms with Gasteiger partial charge in [-0.15, -0.1) is 11.3 Å². The molecular weight excluding hydrogens is 467 g/mol. The van der Waals surface area contributed by atoms with Gasteiger partial charge in [-0.2, -0.15) is 13.2 Å². The Morgan fingerprint density at radius 1 is 1.00 bits per heavy atom. The maximum absolute atomic E-state index is 14.0. The van der Waals surface area contributed by atoms with Gasteiger partial charge in [0.05, 0.1) is 12.0 Å². The highest BCUT2D eigenvalue weighted by atomic mass is 32.1. The van der Waals surface area contributed by atoms with E-state index < -0.39 is 46.6 Å². The minimum absolute atomic E-state index is 0.0174. The van der Waals surface area contributed by atoms with Crippen molar-refractivity contribution in [3.63, 3.8) is 0 Å². The summed E-state index contributed by atoms with van der Waals surface area (Å²) in [6.45, 7) is -0.0174. The van der Waals surface area contributed by atoms with Gasteiger partial charge in [0.2, 0.25) is 0 Å². The van der Waals surface area contributed by atoms with Gasteiger partial charge in [-0.05, 0) is 23.6 Å². The molecule has 0 saturated carbocycles. The number of rotatable bonds is 6. The Balaban J connectivity index is 1.78. The number of thiophene rings is 1. The van der Waals surface area contributed by atoms with E-state index in [-0.39, 0.29) is 11.5 Å². The van der Waals surface area contributed by atoms with Crippen LogP contribution in [0, 0.1) is 23.3 Å². The number of ether oxygens (including phenoxy) is 2. The van der Waals surface area contributed by atoms with Crippen LogP contribution in [0.15, 0.2) is 35.7 Å². The van der Waals surface area contributed by atoms with Crippen LogP contribution in [0.4, 0.5) is 36.4 Å². The predicted molar refractivity (Wildman–Crippen MR) is 101 cm³/mol. The number of methoxy groups -OCH3 is 1. The van der Waals surface area contributed by atoms with E-state index in [1.54, 1.807) is 29.6 Å². The monoisotopic (exact) mass is 479 g/mol. The number of anilines is 1. The van der Waals surface area contributed by atoms with Crippen molar-refractivity contribution < 1.29 is 45.0 Å². The van der Waals surface area contributed by atoms with Gasteiger partial charge in [0.25, 0.3) is 5.91 Å². The lowest BCUT2D eigenvalue weighted by Gasteiger charge is -2.14. The zero-order valence-corrected chi connectivity index (χ0v) is 16.8. The van der Waals surface area contributed by atoms with Crippen LogP contribution in [0.25, 0.3) is 0 Å². The number of halogens is 7. The van der Waals surface area contributed by atoms with Crippen molar-refractivity contribution in [3.8, 4) is 11.5 Å². The average Bonchev–Trinajstić information content (AvgIpc) is 3.22. The Hall–Kier alpha value is -3.28. The number of nitrogens with one attached hydrogen (secondary N) is 1. The van der Waals surface area contributed by atoms with Crippen LogP contribution in [-0.4, -0.2) is 13.0 Å². The topological polar surface area (TPSA) is 47.6 Å². The fourth-order valence-electron chi connectivity index (χ4n) is 2.63. The van der Waals surface area contributed by atoms with Crippen molar-refractivity contribution in [3.05, 3.63) is 75.0 Å². The molecule has 1 N–H and O–H groups in total. The largest absolute Gasteiger partial charge is 0.493 e. The highest BCUT2D eigenvalue weighted by molar-refractivity contribution is 7.12. The second-order valence-corrected chi connectivity index (χ2v) is 7.13. The minimum atomic E-state index is -5.68. The van der Waals surface area contributed by atoms with Crippen LogP contribution in [0.5, 0.6) is 11.5 Å².